The summed E-state index contributed by atoms with van der Waals surface area (Å²) < 4.78 is 0. The number of hydrogen-bond acceptors (Lipinski definition) is 4. The van der Waals surface area contributed by atoms with Crippen molar-refractivity contribution in [3.8, 4) is 0 Å². The van der Waals surface area contributed by atoms with Crippen molar-refractivity contribution in [3.05, 3.63) is 44.4 Å². The molecule has 0 radical (unpaired) electrons. The smallest absolute Gasteiger partial charge is 0.254 e. The van der Waals surface area contributed by atoms with Crippen LogP contribution in [0.4, 0.5) is 5.13 Å². The fourth-order valence-corrected chi connectivity index (χ4v) is 4.80. The van der Waals surface area contributed by atoms with E-state index < -0.39 is 0 Å². The molecule has 1 fully saturated rings. The summed E-state index contributed by atoms with van der Waals surface area (Å²) in [6.07, 6.45) is 5.05. The summed E-state index contributed by atoms with van der Waals surface area (Å²) in [5.74, 6) is -0.473. The molecule has 28 heavy (non-hydrogen) atoms. The summed E-state index contributed by atoms with van der Waals surface area (Å²) in [5.41, 5.74) is 1.30. The highest BCUT2D eigenvalue weighted by atomic mass is 35.5. The van der Waals surface area contributed by atoms with E-state index in [1.54, 1.807) is 23.1 Å². The van der Waals surface area contributed by atoms with Crippen molar-refractivity contribution in [2.75, 3.05) is 11.9 Å². The highest BCUT2D eigenvalue weighted by Crippen LogP contribution is 2.27. The molecule has 0 spiro atoms. The molecule has 2 aromatic rings. The molecule has 1 aromatic heterocycles. The van der Waals surface area contributed by atoms with Crippen molar-refractivity contribution in [2.45, 2.75) is 52.0 Å². The van der Waals surface area contributed by atoms with Gasteiger partial charge in [-0.05, 0) is 44.9 Å². The Kier molecular flexibility index (Phi) is 6.96. The third-order valence-electron chi connectivity index (χ3n) is 4.97. The van der Waals surface area contributed by atoms with Crippen LogP contribution in [-0.2, 0) is 4.79 Å². The molecule has 1 aromatic carbocycles. The second-order valence-corrected chi connectivity index (χ2v) is 9.17. The Hall–Kier alpha value is -1.63. The van der Waals surface area contributed by atoms with Crippen LogP contribution in [-0.4, -0.2) is 34.3 Å². The zero-order valence-electron chi connectivity index (χ0n) is 15.9. The van der Waals surface area contributed by atoms with Crippen molar-refractivity contribution in [2.24, 2.45) is 0 Å². The molecule has 3 rings (SSSR count). The van der Waals surface area contributed by atoms with Crippen LogP contribution in [0.2, 0.25) is 10.0 Å². The SMILES string of the molecule is Cc1nc(NC(=O)CN(C(=O)c2cc(Cl)cc(Cl)c2)C2CCCCC2)sc1C. The molecule has 0 unspecified atom stereocenters. The van der Waals surface area contributed by atoms with E-state index in [0.717, 1.165) is 42.7 Å². The fraction of sp³-hybridized carbons (Fsp3) is 0.450. The second-order valence-electron chi connectivity index (χ2n) is 7.09. The molecular formula is C20H23Cl2N3O2S. The molecule has 1 N–H and O–H groups in total. The third-order valence-corrected chi connectivity index (χ3v) is 6.40. The van der Waals surface area contributed by atoms with Gasteiger partial charge in [-0.15, -0.1) is 11.3 Å². The van der Waals surface area contributed by atoms with Crippen LogP contribution >= 0.6 is 34.5 Å². The minimum absolute atomic E-state index is 0.0225. The monoisotopic (exact) mass is 439 g/mol. The van der Waals surface area contributed by atoms with Gasteiger partial charge in [0.1, 0.15) is 6.54 Å². The van der Waals surface area contributed by atoms with E-state index in [9.17, 15) is 9.59 Å². The molecule has 0 saturated heterocycles. The lowest BCUT2D eigenvalue weighted by Gasteiger charge is -2.34. The van der Waals surface area contributed by atoms with Crippen LogP contribution < -0.4 is 5.32 Å². The summed E-state index contributed by atoms with van der Waals surface area (Å²) in [6, 6.07) is 4.81. The molecule has 1 aliphatic rings. The van der Waals surface area contributed by atoms with Gasteiger partial charge < -0.3 is 10.2 Å². The number of aryl methyl sites for hydroxylation is 2. The number of benzene rings is 1. The highest BCUT2D eigenvalue weighted by Gasteiger charge is 2.28. The van der Waals surface area contributed by atoms with Gasteiger partial charge in [0, 0.05) is 26.5 Å². The van der Waals surface area contributed by atoms with Gasteiger partial charge in [0.25, 0.3) is 5.91 Å². The Morgan fingerprint density at radius 2 is 1.79 bits per heavy atom. The number of aromatic nitrogens is 1. The van der Waals surface area contributed by atoms with Gasteiger partial charge in [-0.3, -0.25) is 9.59 Å². The summed E-state index contributed by atoms with van der Waals surface area (Å²) in [6.45, 7) is 3.84. The van der Waals surface area contributed by atoms with Gasteiger partial charge in [-0.1, -0.05) is 42.5 Å². The Morgan fingerprint density at radius 1 is 1.14 bits per heavy atom. The lowest BCUT2D eigenvalue weighted by atomic mass is 9.93. The largest absolute Gasteiger partial charge is 0.326 e. The number of nitrogens with one attached hydrogen (secondary N) is 1. The minimum Gasteiger partial charge on any atom is -0.326 e. The quantitative estimate of drug-likeness (QED) is 0.670. The van der Waals surface area contributed by atoms with E-state index >= 15 is 0 Å². The van der Waals surface area contributed by atoms with Crippen LogP contribution in [0.5, 0.6) is 0 Å². The molecule has 1 heterocycles. The van der Waals surface area contributed by atoms with Gasteiger partial charge in [0.2, 0.25) is 5.91 Å². The molecule has 0 bridgehead atoms. The lowest BCUT2D eigenvalue weighted by Crippen LogP contribution is -2.45. The van der Waals surface area contributed by atoms with E-state index in [1.165, 1.54) is 11.3 Å². The van der Waals surface area contributed by atoms with Gasteiger partial charge in [-0.25, -0.2) is 4.98 Å². The van der Waals surface area contributed by atoms with Gasteiger partial charge >= 0.3 is 0 Å². The number of hydrogen-bond donors (Lipinski definition) is 1. The standard InChI is InChI=1S/C20H23Cl2N3O2S/c1-12-13(2)28-20(23-12)24-18(26)11-25(17-6-4-3-5-7-17)19(27)14-8-15(21)10-16(22)9-14/h8-10,17H,3-7,11H2,1-2H3,(H,23,24,26). The first-order valence-electron chi connectivity index (χ1n) is 9.34. The lowest BCUT2D eigenvalue weighted by molar-refractivity contribution is -0.117. The number of carbonyl (C=O) groups is 2. The fourth-order valence-electron chi connectivity index (χ4n) is 3.44. The van der Waals surface area contributed by atoms with E-state index in [-0.39, 0.29) is 24.4 Å². The average Bonchev–Trinajstić information content (AvgIpc) is 2.96. The van der Waals surface area contributed by atoms with Gasteiger partial charge in [-0.2, -0.15) is 0 Å². The summed E-state index contributed by atoms with van der Waals surface area (Å²) in [7, 11) is 0. The third kappa shape index (κ3) is 5.25. The number of nitrogens with zero attached hydrogens (tertiary/aromatic N) is 2. The molecule has 8 heteroatoms. The molecular weight excluding hydrogens is 417 g/mol. The molecule has 2 amide bonds. The van der Waals surface area contributed by atoms with Crippen LogP contribution in [0, 0.1) is 13.8 Å². The minimum atomic E-state index is -0.249. The maximum Gasteiger partial charge on any atom is 0.254 e. The summed E-state index contributed by atoms with van der Waals surface area (Å²) in [4.78, 5) is 32.9. The molecule has 1 aliphatic carbocycles. The van der Waals surface area contributed by atoms with E-state index in [1.807, 2.05) is 13.8 Å². The number of anilines is 1. The van der Waals surface area contributed by atoms with E-state index in [2.05, 4.69) is 10.3 Å². The average molecular weight is 440 g/mol. The van der Waals surface area contributed by atoms with Gasteiger partial charge in [0.05, 0.1) is 5.69 Å². The topological polar surface area (TPSA) is 62.3 Å². The second kappa shape index (κ2) is 9.25. The first-order chi connectivity index (χ1) is 13.3. The Bertz CT molecular complexity index is 839. The molecule has 150 valence electrons. The zero-order chi connectivity index (χ0) is 20.3. The molecule has 1 saturated carbocycles. The maximum atomic E-state index is 13.2. The number of rotatable bonds is 5. The zero-order valence-corrected chi connectivity index (χ0v) is 18.3. The van der Waals surface area contributed by atoms with E-state index in [4.69, 9.17) is 23.2 Å². The van der Waals surface area contributed by atoms with E-state index in [0.29, 0.717) is 20.7 Å². The van der Waals surface area contributed by atoms with Crippen molar-refractivity contribution in [3.63, 3.8) is 0 Å². The summed E-state index contributed by atoms with van der Waals surface area (Å²) in [5, 5.41) is 4.18. The number of halogens is 2. The molecule has 5 nitrogen and oxygen atoms in total. The Morgan fingerprint density at radius 3 is 2.36 bits per heavy atom. The Labute approximate surface area is 179 Å². The van der Waals surface area contributed by atoms with Crippen LogP contribution in [0.15, 0.2) is 18.2 Å². The van der Waals surface area contributed by atoms with Crippen LogP contribution in [0.1, 0.15) is 53.0 Å². The van der Waals surface area contributed by atoms with Crippen LogP contribution in [0.3, 0.4) is 0 Å². The van der Waals surface area contributed by atoms with Crippen molar-refractivity contribution in [1.82, 2.24) is 9.88 Å². The summed E-state index contributed by atoms with van der Waals surface area (Å²) >= 11 is 13.6. The molecule has 0 atom stereocenters. The first kappa shape index (κ1) is 21.1. The Balaban J connectivity index is 1.79. The van der Waals surface area contributed by atoms with Crippen molar-refractivity contribution >= 4 is 51.5 Å². The predicted molar refractivity (Wildman–Crippen MR) is 115 cm³/mol. The van der Waals surface area contributed by atoms with Crippen molar-refractivity contribution in [1.29, 1.82) is 0 Å². The highest BCUT2D eigenvalue weighted by molar-refractivity contribution is 7.15. The normalized spacial score (nSPS) is 14.7. The van der Waals surface area contributed by atoms with Crippen LogP contribution in [0.25, 0.3) is 0 Å². The van der Waals surface area contributed by atoms with Crippen molar-refractivity contribution < 1.29 is 9.59 Å². The van der Waals surface area contributed by atoms with Gasteiger partial charge in [0.15, 0.2) is 5.13 Å². The number of carbonyl (C=O) groups excluding carboxylic acids is 2. The predicted octanol–water partition coefficient (Wildman–Crippen LogP) is 5.48. The molecule has 0 aliphatic heterocycles. The first-order valence-corrected chi connectivity index (χ1v) is 10.9. The maximum absolute atomic E-state index is 13.2. The number of thiazole rings is 1. The number of amides is 2.